The first-order valence-electron chi connectivity index (χ1n) is 7.27. The zero-order valence-electron chi connectivity index (χ0n) is 11.7. The molecule has 2 aliphatic heterocycles. The second-order valence-electron chi connectivity index (χ2n) is 5.55. The fraction of sp³-hybridized carbons (Fsp3) is 0.929. The van der Waals surface area contributed by atoms with Crippen molar-refractivity contribution in [2.24, 2.45) is 16.3 Å². The van der Waals surface area contributed by atoms with Crippen molar-refractivity contribution in [3.05, 3.63) is 0 Å². The summed E-state index contributed by atoms with van der Waals surface area (Å²) in [5.74, 6) is 4.81. The van der Waals surface area contributed by atoms with Gasteiger partial charge in [-0.3, -0.25) is 4.99 Å². The number of amidine groups is 1. The Bertz CT molecular complexity index is 282. The zero-order valence-corrected chi connectivity index (χ0v) is 13.3. The van der Waals surface area contributed by atoms with Crippen molar-refractivity contribution in [1.82, 2.24) is 5.32 Å². The van der Waals surface area contributed by atoms with Crippen LogP contribution in [0, 0.1) is 11.3 Å². The second kappa shape index (κ2) is 7.09. The van der Waals surface area contributed by atoms with Crippen molar-refractivity contribution in [1.29, 1.82) is 0 Å². The Morgan fingerprint density at radius 2 is 2.00 bits per heavy atom. The highest BCUT2D eigenvalue weighted by molar-refractivity contribution is 8.13. The van der Waals surface area contributed by atoms with Crippen LogP contribution >= 0.6 is 23.5 Å². The molecule has 0 saturated carbocycles. The van der Waals surface area contributed by atoms with E-state index in [2.05, 4.69) is 30.9 Å². The molecule has 0 spiro atoms. The predicted octanol–water partition coefficient (Wildman–Crippen LogP) is 3.63. The topological polar surface area (TPSA) is 24.4 Å². The first-order valence-corrected chi connectivity index (χ1v) is 9.41. The highest BCUT2D eigenvalue weighted by Gasteiger charge is 2.30. The fourth-order valence-electron chi connectivity index (χ4n) is 2.52. The molecule has 2 rings (SSSR count). The third kappa shape index (κ3) is 3.83. The van der Waals surface area contributed by atoms with Gasteiger partial charge in [-0.15, -0.1) is 0 Å². The van der Waals surface area contributed by atoms with Gasteiger partial charge in [0.25, 0.3) is 0 Å². The lowest BCUT2D eigenvalue weighted by Gasteiger charge is -2.34. The van der Waals surface area contributed by atoms with Crippen LogP contribution in [0.3, 0.4) is 0 Å². The van der Waals surface area contributed by atoms with Crippen LogP contribution in [0.5, 0.6) is 0 Å². The Morgan fingerprint density at radius 1 is 1.28 bits per heavy atom. The van der Waals surface area contributed by atoms with Gasteiger partial charge < -0.3 is 5.32 Å². The zero-order chi connectivity index (χ0) is 12.8. The molecule has 0 aromatic rings. The van der Waals surface area contributed by atoms with Gasteiger partial charge >= 0.3 is 0 Å². The highest BCUT2D eigenvalue weighted by atomic mass is 32.2. The van der Waals surface area contributed by atoms with Crippen LogP contribution in [0.25, 0.3) is 0 Å². The first-order chi connectivity index (χ1) is 8.78. The van der Waals surface area contributed by atoms with Crippen molar-refractivity contribution in [2.75, 3.05) is 30.3 Å². The number of hydrogen-bond donors (Lipinski definition) is 1. The lowest BCUT2D eigenvalue weighted by atomic mass is 9.84. The number of rotatable bonds is 4. The second-order valence-corrected chi connectivity index (χ2v) is 7.74. The van der Waals surface area contributed by atoms with Crippen LogP contribution in [0.15, 0.2) is 4.99 Å². The van der Waals surface area contributed by atoms with Gasteiger partial charge in [0.05, 0.1) is 0 Å². The third-order valence-electron chi connectivity index (χ3n) is 4.46. The Labute approximate surface area is 120 Å². The molecule has 0 aliphatic carbocycles. The van der Waals surface area contributed by atoms with E-state index in [1.54, 1.807) is 0 Å². The van der Waals surface area contributed by atoms with Crippen molar-refractivity contribution >= 4 is 28.7 Å². The molecule has 4 heteroatoms. The number of nitrogens with one attached hydrogen (secondary N) is 1. The van der Waals surface area contributed by atoms with Crippen LogP contribution in [0.4, 0.5) is 0 Å². The normalized spacial score (nSPS) is 24.7. The summed E-state index contributed by atoms with van der Waals surface area (Å²) in [5, 5.41) is 4.78. The van der Waals surface area contributed by atoms with Gasteiger partial charge in [0.2, 0.25) is 0 Å². The van der Waals surface area contributed by atoms with Crippen LogP contribution in [-0.2, 0) is 0 Å². The molecule has 0 aromatic carbocycles. The van der Waals surface area contributed by atoms with Gasteiger partial charge in [-0.2, -0.15) is 11.8 Å². The third-order valence-corrected chi connectivity index (χ3v) is 6.81. The Morgan fingerprint density at radius 3 is 2.56 bits per heavy atom. The SMILES string of the molecule is CCC1(CC)CN=C(NCC2CCSCC2)SC1. The molecule has 0 aromatic heterocycles. The van der Waals surface area contributed by atoms with Gasteiger partial charge in [0, 0.05) is 18.8 Å². The summed E-state index contributed by atoms with van der Waals surface area (Å²) in [7, 11) is 0. The number of hydrogen-bond acceptors (Lipinski definition) is 4. The molecule has 1 N–H and O–H groups in total. The Hall–Kier alpha value is 0.170. The summed E-state index contributed by atoms with van der Waals surface area (Å²) in [6, 6.07) is 0. The van der Waals surface area contributed by atoms with Crippen molar-refractivity contribution in [3.63, 3.8) is 0 Å². The molecule has 0 bridgehead atoms. The van der Waals surface area contributed by atoms with Crippen LogP contribution < -0.4 is 5.32 Å². The minimum atomic E-state index is 0.470. The van der Waals surface area contributed by atoms with E-state index in [1.807, 2.05) is 11.8 Å². The van der Waals surface area contributed by atoms with E-state index in [0.717, 1.165) is 19.0 Å². The Balaban J connectivity index is 1.76. The molecule has 2 nitrogen and oxygen atoms in total. The summed E-state index contributed by atoms with van der Waals surface area (Å²) in [6.07, 6.45) is 5.27. The predicted molar refractivity (Wildman–Crippen MR) is 85.8 cm³/mol. The maximum atomic E-state index is 4.77. The van der Waals surface area contributed by atoms with E-state index in [-0.39, 0.29) is 0 Å². The van der Waals surface area contributed by atoms with Crippen molar-refractivity contribution in [2.45, 2.75) is 39.5 Å². The molecule has 2 aliphatic rings. The first kappa shape index (κ1) is 14.6. The van der Waals surface area contributed by atoms with Crippen LogP contribution in [0.1, 0.15) is 39.5 Å². The standard InChI is InChI=1S/C14H26N2S2/c1-3-14(4-2)10-16-13(18-11-14)15-9-12-5-7-17-8-6-12/h12H,3-11H2,1-2H3,(H,15,16). The number of thioether (sulfide) groups is 2. The molecule has 0 atom stereocenters. The van der Waals surface area contributed by atoms with E-state index >= 15 is 0 Å². The minimum absolute atomic E-state index is 0.470. The minimum Gasteiger partial charge on any atom is -0.365 e. The quantitative estimate of drug-likeness (QED) is 0.854. The van der Waals surface area contributed by atoms with Gasteiger partial charge in [-0.1, -0.05) is 25.6 Å². The summed E-state index contributed by atoms with van der Waals surface area (Å²) < 4.78 is 0. The molecule has 104 valence electrons. The lowest BCUT2D eigenvalue weighted by molar-refractivity contribution is 0.318. The van der Waals surface area contributed by atoms with Gasteiger partial charge in [-0.25, -0.2) is 0 Å². The van der Waals surface area contributed by atoms with Crippen molar-refractivity contribution in [3.8, 4) is 0 Å². The molecular formula is C14H26N2S2. The summed E-state index contributed by atoms with van der Waals surface area (Å²) in [4.78, 5) is 4.77. The van der Waals surface area contributed by atoms with Gasteiger partial charge in [0.1, 0.15) is 0 Å². The number of aliphatic imine (C=N–C) groups is 1. The molecule has 0 unspecified atom stereocenters. The molecule has 0 radical (unpaired) electrons. The average molecular weight is 287 g/mol. The van der Waals surface area contributed by atoms with Gasteiger partial charge in [-0.05, 0) is 48.5 Å². The number of nitrogens with zero attached hydrogens (tertiary/aromatic N) is 1. The van der Waals surface area contributed by atoms with Crippen LogP contribution in [0.2, 0.25) is 0 Å². The van der Waals surface area contributed by atoms with E-state index in [0.29, 0.717) is 5.41 Å². The lowest BCUT2D eigenvalue weighted by Crippen LogP contribution is -2.36. The summed E-state index contributed by atoms with van der Waals surface area (Å²) in [5.41, 5.74) is 0.470. The van der Waals surface area contributed by atoms with Crippen molar-refractivity contribution < 1.29 is 0 Å². The van der Waals surface area contributed by atoms with E-state index in [1.165, 1.54) is 48.1 Å². The Kier molecular flexibility index (Phi) is 5.74. The fourth-order valence-corrected chi connectivity index (χ4v) is 5.01. The van der Waals surface area contributed by atoms with E-state index in [4.69, 9.17) is 4.99 Å². The molecule has 0 amide bonds. The molecule has 1 fully saturated rings. The smallest absolute Gasteiger partial charge is 0.156 e. The van der Waals surface area contributed by atoms with Gasteiger partial charge in [0.15, 0.2) is 5.17 Å². The average Bonchev–Trinajstić information content (AvgIpc) is 2.47. The van der Waals surface area contributed by atoms with E-state index in [9.17, 15) is 0 Å². The summed E-state index contributed by atoms with van der Waals surface area (Å²) in [6.45, 7) is 6.77. The highest BCUT2D eigenvalue weighted by Crippen LogP contribution is 2.34. The molecule has 1 saturated heterocycles. The summed E-state index contributed by atoms with van der Waals surface area (Å²) >= 11 is 4.04. The molecule has 18 heavy (non-hydrogen) atoms. The monoisotopic (exact) mass is 286 g/mol. The molecule has 2 heterocycles. The maximum absolute atomic E-state index is 4.77. The maximum Gasteiger partial charge on any atom is 0.156 e. The van der Waals surface area contributed by atoms with E-state index < -0.39 is 0 Å². The van der Waals surface area contributed by atoms with Crippen LogP contribution in [-0.4, -0.2) is 35.5 Å². The molecular weight excluding hydrogens is 260 g/mol. The largest absolute Gasteiger partial charge is 0.365 e.